The van der Waals surface area contributed by atoms with Gasteiger partial charge in [-0.2, -0.15) is 0 Å². The van der Waals surface area contributed by atoms with E-state index >= 15 is 0 Å². The second-order valence-electron chi connectivity index (χ2n) is 4.11. The van der Waals surface area contributed by atoms with Crippen LogP contribution in [0.2, 0.25) is 5.02 Å². The Balaban J connectivity index is 2.02. The molecule has 3 N–H and O–H groups in total. The molecule has 1 heterocycles. The van der Waals surface area contributed by atoms with Crippen molar-refractivity contribution >= 4 is 51.4 Å². The Morgan fingerprint density at radius 1 is 1.50 bits per heavy atom. The lowest BCUT2D eigenvalue weighted by Crippen LogP contribution is -2.22. The van der Waals surface area contributed by atoms with Gasteiger partial charge >= 0.3 is 0 Å². The molecule has 1 atom stereocenters. The van der Waals surface area contributed by atoms with Crippen molar-refractivity contribution in [3.05, 3.63) is 28.8 Å². The number of nitrogens with one attached hydrogen (secondary N) is 1. The third-order valence-corrected chi connectivity index (χ3v) is 4.70. The summed E-state index contributed by atoms with van der Waals surface area (Å²) in [7, 11) is 0. The Morgan fingerprint density at radius 2 is 2.25 bits per heavy atom. The van der Waals surface area contributed by atoms with Crippen LogP contribution in [0.5, 0.6) is 0 Å². The van der Waals surface area contributed by atoms with Gasteiger partial charge in [0.05, 0.1) is 5.25 Å². The first-order valence-electron chi connectivity index (χ1n) is 5.78. The van der Waals surface area contributed by atoms with Gasteiger partial charge in [0.2, 0.25) is 11.0 Å². The van der Waals surface area contributed by atoms with Gasteiger partial charge in [-0.25, -0.2) is 0 Å². The van der Waals surface area contributed by atoms with Crippen molar-refractivity contribution < 1.29 is 4.79 Å². The maximum Gasteiger partial charge on any atom is 0.237 e. The van der Waals surface area contributed by atoms with Gasteiger partial charge in [-0.1, -0.05) is 40.8 Å². The highest BCUT2D eigenvalue weighted by atomic mass is 35.5. The fourth-order valence-electron chi connectivity index (χ4n) is 1.44. The first kappa shape index (κ1) is 15.1. The molecule has 0 bridgehead atoms. The molecule has 1 aromatic carbocycles. The zero-order valence-corrected chi connectivity index (χ0v) is 13.3. The van der Waals surface area contributed by atoms with Gasteiger partial charge in [-0.15, -0.1) is 10.2 Å². The Labute approximate surface area is 129 Å². The van der Waals surface area contributed by atoms with Crippen LogP contribution >= 0.6 is 34.7 Å². The molecule has 1 unspecified atom stereocenters. The number of hydrogen-bond donors (Lipinski definition) is 2. The number of thioether (sulfide) groups is 1. The number of nitrogen functional groups attached to an aromatic ring is 1. The van der Waals surface area contributed by atoms with Gasteiger partial charge in [0.1, 0.15) is 0 Å². The molecule has 2 aromatic rings. The summed E-state index contributed by atoms with van der Waals surface area (Å²) in [6.07, 6.45) is 0. The van der Waals surface area contributed by atoms with E-state index in [1.165, 1.54) is 23.1 Å². The highest BCUT2D eigenvalue weighted by Gasteiger charge is 2.17. The normalized spacial score (nSPS) is 12.2. The van der Waals surface area contributed by atoms with Crippen LogP contribution in [-0.4, -0.2) is 21.4 Å². The van der Waals surface area contributed by atoms with Crippen LogP contribution in [0.25, 0.3) is 0 Å². The molecule has 1 amide bonds. The van der Waals surface area contributed by atoms with Crippen LogP contribution in [-0.2, 0) is 4.79 Å². The summed E-state index contributed by atoms with van der Waals surface area (Å²) in [5.41, 5.74) is 7.18. The molecule has 0 spiro atoms. The van der Waals surface area contributed by atoms with E-state index in [9.17, 15) is 4.79 Å². The Hall–Kier alpha value is -1.31. The zero-order valence-electron chi connectivity index (χ0n) is 10.9. The average Bonchev–Trinajstić information content (AvgIpc) is 2.79. The van der Waals surface area contributed by atoms with Crippen molar-refractivity contribution in [2.24, 2.45) is 0 Å². The van der Waals surface area contributed by atoms with E-state index in [1.54, 1.807) is 19.1 Å². The van der Waals surface area contributed by atoms with Crippen molar-refractivity contribution in [3.8, 4) is 0 Å². The Bertz CT molecular complexity index is 632. The number of anilines is 2. The summed E-state index contributed by atoms with van der Waals surface area (Å²) in [5.74, 6) is -0.117. The van der Waals surface area contributed by atoms with Crippen molar-refractivity contribution in [2.45, 2.75) is 23.4 Å². The number of nitrogens with two attached hydrogens (primary N) is 1. The number of benzene rings is 1. The molecule has 1 aromatic heterocycles. The third-order valence-electron chi connectivity index (χ3n) is 2.53. The first-order valence-corrected chi connectivity index (χ1v) is 7.86. The van der Waals surface area contributed by atoms with Crippen LogP contribution in [0, 0.1) is 6.92 Å². The number of amides is 1. The van der Waals surface area contributed by atoms with Crippen molar-refractivity contribution in [1.29, 1.82) is 0 Å². The molecule has 106 valence electrons. The van der Waals surface area contributed by atoms with Gasteiger partial charge in [-0.3, -0.25) is 4.79 Å². The van der Waals surface area contributed by atoms with Gasteiger partial charge in [0.25, 0.3) is 0 Å². The fourth-order valence-corrected chi connectivity index (χ4v) is 3.39. The lowest BCUT2D eigenvalue weighted by Gasteiger charge is -2.12. The summed E-state index contributed by atoms with van der Waals surface area (Å²) < 4.78 is 0.674. The molecule has 20 heavy (non-hydrogen) atoms. The number of aryl methyl sites for hydroxylation is 1. The van der Waals surface area contributed by atoms with E-state index in [1.807, 2.05) is 13.0 Å². The molecule has 0 aliphatic rings. The molecule has 8 heteroatoms. The van der Waals surface area contributed by atoms with Gasteiger partial charge in [0, 0.05) is 10.7 Å². The van der Waals surface area contributed by atoms with Gasteiger partial charge < -0.3 is 11.1 Å². The maximum absolute atomic E-state index is 12.1. The molecule has 0 saturated heterocycles. The molecular weight excluding hydrogens is 316 g/mol. The molecule has 0 radical (unpaired) electrons. The fraction of sp³-hybridized carbons (Fsp3) is 0.250. The SMILES string of the molecule is Cc1ccc(Cl)cc1NC(=O)C(C)Sc1nnc(N)s1. The largest absolute Gasteiger partial charge is 0.374 e. The second kappa shape index (κ2) is 6.43. The number of carbonyl (C=O) groups excluding carboxylic acids is 1. The average molecular weight is 329 g/mol. The van der Waals surface area contributed by atoms with Crippen molar-refractivity contribution in [1.82, 2.24) is 10.2 Å². The quantitative estimate of drug-likeness (QED) is 0.842. The minimum absolute atomic E-state index is 0.117. The molecular formula is C12H13ClN4OS2. The van der Waals surface area contributed by atoms with Gasteiger partial charge in [-0.05, 0) is 31.5 Å². The monoisotopic (exact) mass is 328 g/mol. The van der Waals surface area contributed by atoms with Crippen LogP contribution < -0.4 is 11.1 Å². The Morgan fingerprint density at radius 3 is 2.90 bits per heavy atom. The summed E-state index contributed by atoms with van der Waals surface area (Å²) in [5, 5.41) is 11.1. The number of aromatic nitrogens is 2. The highest BCUT2D eigenvalue weighted by Crippen LogP contribution is 2.28. The maximum atomic E-state index is 12.1. The molecule has 0 fully saturated rings. The standard InChI is InChI=1S/C12H13ClN4OS2/c1-6-3-4-8(13)5-9(6)15-10(18)7(2)19-12-17-16-11(14)20-12/h3-5,7H,1-2H3,(H2,14,16)(H,15,18). The zero-order chi connectivity index (χ0) is 14.7. The minimum atomic E-state index is -0.305. The van der Waals surface area contributed by atoms with Crippen LogP contribution in [0.15, 0.2) is 22.5 Å². The van der Waals surface area contributed by atoms with E-state index in [-0.39, 0.29) is 11.2 Å². The number of carbonyl (C=O) groups is 1. The number of nitrogens with zero attached hydrogens (tertiary/aromatic N) is 2. The summed E-state index contributed by atoms with van der Waals surface area (Å²) in [4.78, 5) is 12.1. The van der Waals surface area contributed by atoms with E-state index in [4.69, 9.17) is 17.3 Å². The highest BCUT2D eigenvalue weighted by molar-refractivity contribution is 8.02. The van der Waals surface area contributed by atoms with Crippen molar-refractivity contribution in [3.63, 3.8) is 0 Å². The molecule has 5 nitrogen and oxygen atoms in total. The third kappa shape index (κ3) is 3.84. The topological polar surface area (TPSA) is 80.9 Å². The first-order chi connectivity index (χ1) is 9.45. The van der Waals surface area contributed by atoms with Crippen molar-refractivity contribution in [2.75, 3.05) is 11.1 Å². The smallest absolute Gasteiger partial charge is 0.237 e. The number of rotatable bonds is 4. The Kier molecular flexibility index (Phi) is 4.85. The second-order valence-corrected chi connectivity index (χ2v) is 7.15. The lowest BCUT2D eigenvalue weighted by atomic mass is 10.2. The number of hydrogen-bond acceptors (Lipinski definition) is 6. The van der Waals surface area contributed by atoms with Crippen LogP contribution in [0.4, 0.5) is 10.8 Å². The molecule has 0 aliphatic heterocycles. The van der Waals surface area contributed by atoms with E-state index < -0.39 is 0 Å². The summed E-state index contributed by atoms with van der Waals surface area (Å²) in [6.45, 7) is 3.71. The minimum Gasteiger partial charge on any atom is -0.374 e. The lowest BCUT2D eigenvalue weighted by molar-refractivity contribution is -0.115. The predicted octanol–water partition coefficient (Wildman–Crippen LogP) is 3.20. The van der Waals surface area contributed by atoms with Gasteiger partial charge in [0.15, 0.2) is 4.34 Å². The van der Waals surface area contributed by atoms with Crippen LogP contribution in [0.3, 0.4) is 0 Å². The van der Waals surface area contributed by atoms with E-state index in [0.717, 1.165) is 5.56 Å². The number of halogens is 1. The molecule has 0 aliphatic carbocycles. The molecule has 0 saturated carbocycles. The van der Waals surface area contributed by atoms with E-state index in [0.29, 0.717) is 20.2 Å². The van der Waals surface area contributed by atoms with E-state index in [2.05, 4.69) is 15.5 Å². The van der Waals surface area contributed by atoms with Crippen LogP contribution in [0.1, 0.15) is 12.5 Å². The summed E-state index contributed by atoms with van der Waals surface area (Å²) >= 11 is 8.51. The molecule has 2 rings (SSSR count). The predicted molar refractivity (Wildman–Crippen MR) is 84.5 cm³/mol. The summed E-state index contributed by atoms with van der Waals surface area (Å²) in [6, 6.07) is 5.38.